The number of aliphatic hydroxyl groups is 4. The first-order valence-corrected chi connectivity index (χ1v) is 13.4. The first kappa shape index (κ1) is 31.4. The second-order valence-corrected chi connectivity index (χ2v) is 10.6. The number of fused-ring (bicyclic) bond motifs is 1. The van der Waals surface area contributed by atoms with Crippen molar-refractivity contribution >= 4 is 38.3 Å². The summed E-state index contributed by atoms with van der Waals surface area (Å²) in [7, 11) is 3.45. The number of likely N-dealkylation sites (N-methyl/N-ethyl adjacent to an activating group) is 1. The highest BCUT2D eigenvalue weighted by molar-refractivity contribution is 7.28. The standard InChI is InChI=1S/C26H33N4O11P/c1-27-23(35)22(26(39,40)25(37,38)12-31)30-11-15-13(24(30)36)3-2-4-17(15)28-9-14-18(32)19(33)16(20(34)21(14)42)10-29-5-7-41-8-6-29/h2-4,12,22,28,32-34,37-40H,5-11,42H2,1H3,(H,27,35). The van der Waals surface area contributed by atoms with Gasteiger partial charge in [0.05, 0.1) is 18.8 Å². The lowest BCUT2D eigenvalue weighted by Gasteiger charge is -2.40. The molecule has 1 fully saturated rings. The molecule has 0 aliphatic carbocycles. The summed E-state index contributed by atoms with van der Waals surface area (Å²) in [4.78, 5) is 39.7. The molecule has 42 heavy (non-hydrogen) atoms. The van der Waals surface area contributed by atoms with Gasteiger partial charge in [-0.3, -0.25) is 19.3 Å². The molecule has 4 rings (SSSR count). The maximum absolute atomic E-state index is 13.3. The molecule has 2 heterocycles. The van der Waals surface area contributed by atoms with Gasteiger partial charge in [-0.05, 0) is 12.1 Å². The monoisotopic (exact) mass is 608 g/mol. The number of phenolic OH excluding ortho intramolecular Hbond substituents is 3. The Labute approximate surface area is 242 Å². The van der Waals surface area contributed by atoms with Gasteiger partial charge >= 0.3 is 0 Å². The Balaban J connectivity index is 1.62. The number of phenols is 3. The van der Waals surface area contributed by atoms with Crippen molar-refractivity contribution in [1.29, 1.82) is 0 Å². The van der Waals surface area contributed by atoms with E-state index in [1.54, 1.807) is 6.07 Å². The van der Waals surface area contributed by atoms with Gasteiger partial charge in [0.15, 0.2) is 23.8 Å². The summed E-state index contributed by atoms with van der Waals surface area (Å²) < 4.78 is 5.32. The molecule has 2 aromatic rings. The largest absolute Gasteiger partial charge is 0.507 e. The molecule has 1 saturated heterocycles. The molecule has 2 unspecified atom stereocenters. The maximum Gasteiger partial charge on any atom is 0.279 e. The highest BCUT2D eigenvalue weighted by Gasteiger charge is 2.60. The van der Waals surface area contributed by atoms with Crippen molar-refractivity contribution in [2.24, 2.45) is 0 Å². The van der Waals surface area contributed by atoms with Gasteiger partial charge in [-0.15, -0.1) is 9.24 Å². The number of carbonyl (C=O) groups excluding carboxylic acids is 3. The molecule has 0 radical (unpaired) electrons. The minimum atomic E-state index is -3.80. The van der Waals surface area contributed by atoms with E-state index in [1.165, 1.54) is 12.1 Å². The highest BCUT2D eigenvalue weighted by atomic mass is 31.0. The number of aldehydes is 1. The predicted octanol–water partition coefficient (Wildman–Crippen LogP) is -2.62. The van der Waals surface area contributed by atoms with Crippen LogP contribution in [0.1, 0.15) is 27.0 Å². The van der Waals surface area contributed by atoms with Crippen molar-refractivity contribution in [3.8, 4) is 17.2 Å². The van der Waals surface area contributed by atoms with Gasteiger partial charge in [-0.1, -0.05) is 6.07 Å². The molecule has 15 nitrogen and oxygen atoms in total. The third-order valence-electron chi connectivity index (χ3n) is 7.49. The third-order valence-corrected chi connectivity index (χ3v) is 8.11. The Bertz CT molecular complexity index is 1370. The van der Waals surface area contributed by atoms with E-state index < -0.39 is 53.8 Å². The number of morpholine rings is 1. The molecule has 2 aliphatic heterocycles. The molecule has 2 atom stereocenters. The number of anilines is 1. The summed E-state index contributed by atoms with van der Waals surface area (Å²) in [5.41, 5.74) is 0.932. The van der Waals surface area contributed by atoms with Crippen LogP contribution in [0.15, 0.2) is 18.2 Å². The number of benzene rings is 2. The fourth-order valence-corrected chi connectivity index (χ4v) is 5.43. The van der Waals surface area contributed by atoms with Gasteiger partial charge in [0, 0.05) is 67.5 Å². The van der Waals surface area contributed by atoms with E-state index in [-0.39, 0.29) is 46.4 Å². The number of nitrogens with zero attached hydrogens (tertiary/aromatic N) is 2. The zero-order chi connectivity index (χ0) is 31.0. The van der Waals surface area contributed by atoms with Crippen LogP contribution in [0.3, 0.4) is 0 Å². The van der Waals surface area contributed by atoms with Crippen molar-refractivity contribution in [2.45, 2.75) is 37.3 Å². The number of nitrogens with one attached hydrogen (secondary N) is 2. The van der Waals surface area contributed by atoms with Crippen LogP contribution >= 0.6 is 9.24 Å². The average Bonchev–Trinajstić information content (AvgIpc) is 3.30. The number of hydrogen-bond acceptors (Lipinski definition) is 13. The first-order chi connectivity index (χ1) is 19.8. The van der Waals surface area contributed by atoms with Crippen molar-refractivity contribution in [1.82, 2.24) is 15.1 Å². The number of amides is 2. The smallest absolute Gasteiger partial charge is 0.279 e. The Morgan fingerprint density at radius 2 is 1.74 bits per heavy atom. The Hall–Kier alpha value is -3.56. The Morgan fingerprint density at radius 3 is 2.36 bits per heavy atom. The average molecular weight is 609 g/mol. The number of carbonyl (C=O) groups is 3. The van der Waals surface area contributed by atoms with Crippen LogP contribution in [0, 0.1) is 0 Å². The molecule has 0 bridgehead atoms. The van der Waals surface area contributed by atoms with E-state index in [0.29, 0.717) is 36.9 Å². The zero-order valence-electron chi connectivity index (χ0n) is 22.6. The maximum atomic E-state index is 13.3. The normalized spacial score (nSPS) is 16.7. The van der Waals surface area contributed by atoms with Crippen molar-refractivity contribution in [3.63, 3.8) is 0 Å². The molecule has 2 aliphatic rings. The summed E-state index contributed by atoms with van der Waals surface area (Å²) in [5.74, 6) is -10.8. The molecule has 2 amide bonds. The first-order valence-electron chi connectivity index (χ1n) is 12.8. The zero-order valence-corrected chi connectivity index (χ0v) is 23.7. The van der Waals surface area contributed by atoms with E-state index >= 15 is 0 Å². The van der Waals surface area contributed by atoms with Gasteiger partial charge in [0.25, 0.3) is 17.5 Å². The highest BCUT2D eigenvalue weighted by Crippen LogP contribution is 2.40. The summed E-state index contributed by atoms with van der Waals surface area (Å²) in [5, 5.41) is 78.5. The van der Waals surface area contributed by atoms with Crippen LogP contribution < -0.4 is 15.9 Å². The second-order valence-electron chi connectivity index (χ2n) is 10.0. The molecule has 228 valence electrons. The molecule has 0 saturated carbocycles. The van der Waals surface area contributed by atoms with Crippen LogP contribution in [-0.2, 0) is 34.0 Å². The minimum absolute atomic E-state index is 0.0409. The Kier molecular flexibility index (Phi) is 8.94. The SMILES string of the molecule is CNC(=O)C(N1Cc2c(NCc3c(O)c(O)c(CN4CCOCC4)c(O)c3P)cccc2C1=O)C(O)(O)C(O)(O)C=O. The lowest BCUT2D eigenvalue weighted by molar-refractivity contribution is -0.345. The lowest BCUT2D eigenvalue weighted by atomic mass is 9.96. The van der Waals surface area contributed by atoms with E-state index in [0.717, 1.165) is 7.05 Å². The van der Waals surface area contributed by atoms with E-state index in [9.17, 15) is 50.1 Å². The minimum Gasteiger partial charge on any atom is -0.507 e. The van der Waals surface area contributed by atoms with Crippen LogP contribution in [0.2, 0.25) is 0 Å². The van der Waals surface area contributed by atoms with Crippen LogP contribution in [0.5, 0.6) is 17.2 Å². The van der Waals surface area contributed by atoms with E-state index in [4.69, 9.17) is 4.74 Å². The Morgan fingerprint density at radius 1 is 1.10 bits per heavy atom. The molecule has 16 heteroatoms. The topological polar surface area (TPSA) is 233 Å². The fourth-order valence-electron chi connectivity index (χ4n) is 5.02. The van der Waals surface area contributed by atoms with Gasteiger partial charge in [-0.25, -0.2) is 0 Å². The van der Waals surface area contributed by atoms with Gasteiger partial charge in [0.2, 0.25) is 5.91 Å². The molecule has 0 spiro atoms. The number of rotatable bonds is 10. The summed E-state index contributed by atoms with van der Waals surface area (Å²) >= 11 is 0. The van der Waals surface area contributed by atoms with Crippen molar-refractivity contribution in [3.05, 3.63) is 40.5 Å². The van der Waals surface area contributed by atoms with Crippen LogP contribution in [0.4, 0.5) is 5.69 Å². The molecule has 0 aromatic heterocycles. The molecular formula is C26H33N4O11P. The van der Waals surface area contributed by atoms with Crippen molar-refractivity contribution < 1.29 is 54.9 Å². The predicted molar refractivity (Wildman–Crippen MR) is 149 cm³/mol. The third kappa shape index (κ3) is 5.47. The number of aromatic hydroxyl groups is 3. The van der Waals surface area contributed by atoms with Gasteiger partial charge in [0.1, 0.15) is 5.75 Å². The molecule has 2 aromatic carbocycles. The van der Waals surface area contributed by atoms with E-state index in [2.05, 4.69) is 19.9 Å². The quantitative estimate of drug-likeness (QED) is 0.0443. The van der Waals surface area contributed by atoms with E-state index in [1.807, 2.05) is 4.90 Å². The summed E-state index contributed by atoms with van der Waals surface area (Å²) in [6, 6.07) is 2.15. The second kappa shape index (κ2) is 12.0. The fraction of sp³-hybridized carbons (Fsp3) is 0.423. The molecular weight excluding hydrogens is 575 g/mol. The van der Waals surface area contributed by atoms with Gasteiger partial charge < -0.3 is 56.0 Å². The summed E-state index contributed by atoms with van der Waals surface area (Å²) in [6.07, 6.45) is -0.576. The lowest BCUT2D eigenvalue weighted by Crippen LogP contribution is -2.70. The molecule has 9 N–H and O–H groups in total. The van der Waals surface area contributed by atoms with Crippen molar-refractivity contribution in [2.75, 3.05) is 38.7 Å². The number of ether oxygens (including phenoxy) is 1. The summed E-state index contributed by atoms with van der Waals surface area (Å²) in [6.45, 7) is 1.81. The van der Waals surface area contributed by atoms with Gasteiger partial charge in [-0.2, -0.15) is 0 Å². The van der Waals surface area contributed by atoms with Crippen LogP contribution in [-0.4, -0.2) is 115 Å². The number of hydrogen-bond donors (Lipinski definition) is 9. The van der Waals surface area contributed by atoms with Crippen LogP contribution in [0.25, 0.3) is 0 Å².